The molecule has 0 radical (unpaired) electrons. The zero-order chi connectivity index (χ0) is 34.7. The van der Waals surface area contributed by atoms with Crippen molar-refractivity contribution >= 4 is 30.7 Å². The quantitative estimate of drug-likeness (QED) is 0.301. The van der Waals surface area contributed by atoms with Gasteiger partial charge in [0.2, 0.25) is 12.8 Å². The molecule has 3 fully saturated rings. The Bertz CT molecular complexity index is 1180. The largest absolute Gasteiger partial charge is 0.445 e. The van der Waals surface area contributed by atoms with Gasteiger partial charge in [0.05, 0.1) is 12.1 Å². The Kier molecular flexibility index (Phi) is 17.4. The molecule has 260 valence electrons. The van der Waals surface area contributed by atoms with E-state index in [1.807, 2.05) is 95.3 Å². The van der Waals surface area contributed by atoms with Gasteiger partial charge < -0.3 is 29.9 Å². The summed E-state index contributed by atoms with van der Waals surface area (Å²) in [5.41, 5.74) is 1.40. The molecule has 2 N–H and O–H groups in total. The fourth-order valence-electron chi connectivity index (χ4n) is 6.03. The average Bonchev–Trinajstić information content (AvgIpc) is 3.68. The molecular weight excluding hydrogens is 596 g/mol. The van der Waals surface area contributed by atoms with Crippen molar-refractivity contribution in [3.05, 3.63) is 66.2 Å². The Hall–Kier alpha value is -4.08. The number of nitrogens with one attached hydrogen (secondary N) is 2. The Labute approximate surface area is 281 Å². The molecule has 1 saturated carbocycles. The average molecular weight is 653 g/mol. The molecule has 2 heterocycles. The lowest BCUT2D eigenvalue weighted by atomic mass is 9.85. The number of likely N-dealkylation sites (tertiary alicyclic amines) is 2. The van der Waals surface area contributed by atoms with E-state index in [9.17, 15) is 19.2 Å². The fraction of sp³-hybridized carbons (Fsp3) is 0.568. The number of hydrogen-bond donors (Lipinski definition) is 2. The van der Waals surface area contributed by atoms with Crippen LogP contribution in [0.5, 0.6) is 0 Å². The van der Waals surface area contributed by atoms with Gasteiger partial charge in [-0.3, -0.25) is 9.59 Å². The van der Waals surface area contributed by atoms with Gasteiger partial charge in [-0.1, -0.05) is 81.6 Å². The molecule has 10 nitrogen and oxygen atoms in total. The molecule has 0 bridgehead atoms. The summed E-state index contributed by atoms with van der Waals surface area (Å²) in [6.07, 6.45) is 9.10. The summed E-state index contributed by atoms with van der Waals surface area (Å²) < 4.78 is 10.6. The molecule has 0 aromatic heterocycles. The number of alkyl carbamates (subject to hydrolysis) is 1. The van der Waals surface area contributed by atoms with E-state index in [1.54, 1.807) is 9.80 Å². The SMILES string of the molecule is CC.CC(NC(=O)OC(C)(C)C)C1CCCCC1.O=CN1CCC2C1CCN2C(=O)OCc1ccccc1.O=CNc1ccccc1. The number of carbonyl (C=O) groups is 4. The highest BCUT2D eigenvalue weighted by Gasteiger charge is 2.44. The van der Waals surface area contributed by atoms with Crippen molar-refractivity contribution in [2.24, 2.45) is 5.92 Å². The maximum atomic E-state index is 12.2. The smallest absolute Gasteiger partial charge is 0.410 e. The number of benzene rings is 2. The number of rotatable bonds is 7. The summed E-state index contributed by atoms with van der Waals surface area (Å²) >= 11 is 0. The Morgan fingerprint density at radius 1 is 0.872 bits per heavy atom. The molecule has 2 aromatic carbocycles. The molecule has 3 unspecified atom stereocenters. The number of para-hydroxylation sites is 1. The Morgan fingerprint density at radius 3 is 2.04 bits per heavy atom. The van der Waals surface area contributed by atoms with Gasteiger partial charge in [0.15, 0.2) is 0 Å². The maximum Gasteiger partial charge on any atom is 0.410 e. The van der Waals surface area contributed by atoms with Gasteiger partial charge in [-0.05, 0) is 77.0 Å². The summed E-state index contributed by atoms with van der Waals surface area (Å²) in [7, 11) is 0. The third kappa shape index (κ3) is 14.1. The second kappa shape index (κ2) is 20.9. The van der Waals surface area contributed by atoms with Gasteiger partial charge in [-0.25, -0.2) is 9.59 Å². The van der Waals surface area contributed by atoms with Gasteiger partial charge in [0.1, 0.15) is 12.2 Å². The van der Waals surface area contributed by atoms with Crippen molar-refractivity contribution in [3.8, 4) is 0 Å². The number of hydrogen-bond acceptors (Lipinski definition) is 6. The second-order valence-corrected chi connectivity index (χ2v) is 12.8. The lowest BCUT2D eigenvalue weighted by Gasteiger charge is -2.29. The van der Waals surface area contributed by atoms with E-state index in [0.29, 0.717) is 25.5 Å². The van der Waals surface area contributed by atoms with Crippen molar-refractivity contribution in [2.75, 3.05) is 18.4 Å². The minimum absolute atomic E-state index is 0.128. The molecule has 0 spiro atoms. The van der Waals surface area contributed by atoms with Crippen molar-refractivity contribution in [2.45, 2.75) is 117 Å². The van der Waals surface area contributed by atoms with Crippen LogP contribution in [0.4, 0.5) is 15.3 Å². The highest BCUT2D eigenvalue weighted by molar-refractivity contribution is 5.71. The first-order chi connectivity index (χ1) is 22.6. The van der Waals surface area contributed by atoms with E-state index in [2.05, 4.69) is 17.6 Å². The van der Waals surface area contributed by atoms with E-state index in [1.165, 1.54) is 32.1 Å². The number of fused-ring (bicyclic) bond motifs is 1. The van der Waals surface area contributed by atoms with Crippen LogP contribution in [0.2, 0.25) is 0 Å². The van der Waals surface area contributed by atoms with E-state index in [0.717, 1.165) is 37.0 Å². The van der Waals surface area contributed by atoms with Crippen LogP contribution in [0.3, 0.4) is 0 Å². The highest BCUT2D eigenvalue weighted by Crippen LogP contribution is 2.31. The van der Waals surface area contributed by atoms with E-state index in [4.69, 9.17) is 9.47 Å². The van der Waals surface area contributed by atoms with Crippen molar-refractivity contribution in [1.82, 2.24) is 15.1 Å². The molecule has 3 atom stereocenters. The molecule has 2 saturated heterocycles. The van der Waals surface area contributed by atoms with Crippen LogP contribution in [0.1, 0.15) is 92.1 Å². The highest BCUT2D eigenvalue weighted by atomic mass is 16.6. The molecule has 47 heavy (non-hydrogen) atoms. The number of nitrogens with zero attached hydrogens (tertiary/aromatic N) is 2. The lowest BCUT2D eigenvalue weighted by Crippen LogP contribution is -2.41. The Morgan fingerprint density at radius 2 is 1.47 bits per heavy atom. The topological polar surface area (TPSA) is 117 Å². The van der Waals surface area contributed by atoms with Gasteiger partial charge in [-0.2, -0.15) is 0 Å². The molecule has 1 aliphatic carbocycles. The molecule has 10 heteroatoms. The minimum atomic E-state index is -0.406. The van der Waals surface area contributed by atoms with E-state index < -0.39 is 5.60 Å². The summed E-state index contributed by atoms with van der Waals surface area (Å²) in [6, 6.07) is 19.5. The van der Waals surface area contributed by atoms with Crippen molar-refractivity contribution in [1.29, 1.82) is 0 Å². The minimum Gasteiger partial charge on any atom is -0.445 e. The number of carbonyl (C=O) groups excluding carboxylic acids is 4. The zero-order valence-electron chi connectivity index (χ0n) is 29.2. The monoisotopic (exact) mass is 652 g/mol. The van der Waals surface area contributed by atoms with Gasteiger partial charge >= 0.3 is 12.2 Å². The van der Waals surface area contributed by atoms with Crippen LogP contribution in [-0.2, 0) is 25.7 Å². The van der Waals surface area contributed by atoms with Crippen LogP contribution in [0, 0.1) is 5.92 Å². The van der Waals surface area contributed by atoms with Crippen LogP contribution < -0.4 is 10.6 Å². The standard InChI is InChI=1S/C15H18N2O3.C13H25NO2.C7H7NO.C2H6/c18-11-16-8-6-14-13(16)7-9-17(14)15(19)20-10-12-4-2-1-3-5-12;1-10(11-8-6-5-7-9-11)14-12(15)16-13(2,3)4;9-6-8-7-4-2-1-3-5-7;1-2/h1-5,11,13-14H,6-10H2;10-11H,5-9H2,1-4H3,(H,14,15);1-6H,(H,8,9);1-2H3. The Balaban J connectivity index is 0.000000254. The predicted molar refractivity (Wildman–Crippen MR) is 186 cm³/mol. The molecule has 5 rings (SSSR count). The summed E-state index contributed by atoms with van der Waals surface area (Å²) in [4.78, 5) is 48.1. The van der Waals surface area contributed by atoms with Crippen molar-refractivity contribution in [3.63, 3.8) is 0 Å². The third-order valence-corrected chi connectivity index (χ3v) is 8.30. The number of ether oxygens (including phenoxy) is 2. The molecule has 2 aliphatic heterocycles. The van der Waals surface area contributed by atoms with Gasteiger partial charge in [0.25, 0.3) is 0 Å². The van der Waals surface area contributed by atoms with Crippen molar-refractivity contribution < 1.29 is 28.7 Å². The molecule has 2 aromatic rings. The first kappa shape index (κ1) is 39.1. The molecule has 3 aliphatic rings. The summed E-state index contributed by atoms with van der Waals surface area (Å²) in [5, 5.41) is 5.47. The van der Waals surface area contributed by atoms with E-state index >= 15 is 0 Å². The number of anilines is 1. The van der Waals surface area contributed by atoms with Crippen LogP contribution in [-0.4, -0.2) is 71.6 Å². The van der Waals surface area contributed by atoms with Gasteiger partial charge in [0, 0.05) is 24.8 Å². The van der Waals surface area contributed by atoms with Crippen LogP contribution >= 0.6 is 0 Å². The molecule has 4 amide bonds. The lowest BCUT2D eigenvalue weighted by molar-refractivity contribution is -0.118. The first-order valence-electron chi connectivity index (χ1n) is 17.0. The van der Waals surface area contributed by atoms with Gasteiger partial charge in [-0.15, -0.1) is 0 Å². The normalized spacial score (nSPS) is 19.1. The predicted octanol–water partition coefficient (Wildman–Crippen LogP) is 7.39. The van der Waals surface area contributed by atoms with Crippen LogP contribution in [0.15, 0.2) is 60.7 Å². The zero-order valence-corrected chi connectivity index (χ0v) is 29.2. The summed E-state index contributed by atoms with van der Waals surface area (Å²) in [6.45, 7) is 13.5. The second-order valence-electron chi connectivity index (χ2n) is 12.8. The maximum absolute atomic E-state index is 12.2. The summed E-state index contributed by atoms with van der Waals surface area (Å²) in [5.74, 6) is 0.626. The first-order valence-corrected chi connectivity index (χ1v) is 17.0. The fourth-order valence-corrected chi connectivity index (χ4v) is 6.03. The van der Waals surface area contributed by atoms with Crippen LogP contribution in [0.25, 0.3) is 0 Å². The third-order valence-electron chi connectivity index (χ3n) is 8.30. The molecular formula is C37H56N4O6. The van der Waals surface area contributed by atoms with E-state index in [-0.39, 0.29) is 30.3 Å². The number of amides is 4.